The first-order valence-electron chi connectivity index (χ1n) is 8.21. The van der Waals surface area contributed by atoms with Crippen molar-refractivity contribution in [2.75, 3.05) is 32.8 Å². The maximum atomic E-state index is 9.49. The molecule has 0 spiro atoms. The molecular weight excluding hydrogens is 300 g/mol. The number of hydrogen-bond donors (Lipinski definition) is 2. The van der Waals surface area contributed by atoms with Crippen LogP contribution < -0.4 is 5.32 Å². The molecule has 3 heterocycles. The Hall–Kier alpha value is -0.620. The van der Waals surface area contributed by atoms with E-state index in [4.69, 9.17) is 0 Å². The van der Waals surface area contributed by atoms with E-state index >= 15 is 0 Å². The third-order valence-electron chi connectivity index (χ3n) is 5.35. The molecule has 3 rings (SSSR count). The van der Waals surface area contributed by atoms with Gasteiger partial charge in [0.2, 0.25) is 0 Å². The minimum absolute atomic E-state index is 0. The second kappa shape index (κ2) is 7.77. The summed E-state index contributed by atoms with van der Waals surface area (Å²) in [5.41, 5.74) is 2.41. The van der Waals surface area contributed by atoms with Crippen molar-refractivity contribution < 1.29 is 5.11 Å². The molecule has 0 aliphatic carbocycles. The van der Waals surface area contributed by atoms with Gasteiger partial charge in [-0.2, -0.15) is 5.10 Å². The lowest BCUT2D eigenvalue weighted by Crippen LogP contribution is -2.38. The Morgan fingerprint density at radius 2 is 2.05 bits per heavy atom. The summed E-state index contributed by atoms with van der Waals surface area (Å²) in [5.74, 6) is 1.93. The highest BCUT2D eigenvalue weighted by molar-refractivity contribution is 5.85. The molecule has 2 aliphatic heterocycles. The summed E-state index contributed by atoms with van der Waals surface area (Å²) in [7, 11) is 2.03. The summed E-state index contributed by atoms with van der Waals surface area (Å²) in [6, 6.07) is 2.19. The van der Waals surface area contributed by atoms with Crippen LogP contribution in [0.2, 0.25) is 0 Å². The third-order valence-corrected chi connectivity index (χ3v) is 5.35. The minimum Gasteiger partial charge on any atom is -0.396 e. The van der Waals surface area contributed by atoms with Crippen molar-refractivity contribution in [3.63, 3.8) is 0 Å². The smallest absolute Gasteiger partial charge is 0.0597 e. The van der Waals surface area contributed by atoms with E-state index in [1.54, 1.807) is 0 Å². The zero-order valence-electron chi connectivity index (χ0n) is 13.7. The van der Waals surface area contributed by atoms with E-state index in [0.29, 0.717) is 18.4 Å². The highest BCUT2D eigenvalue weighted by Crippen LogP contribution is 2.32. The molecule has 0 saturated carbocycles. The summed E-state index contributed by atoms with van der Waals surface area (Å²) in [4.78, 5) is 2.54. The average Bonchev–Trinajstić information content (AvgIpc) is 3.06. The van der Waals surface area contributed by atoms with Crippen molar-refractivity contribution >= 4 is 12.4 Å². The molecule has 0 radical (unpaired) electrons. The third kappa shape index (κ3) is 3.82. The van der Waals surface area contributed by atoms with Crippen LogP contribution in [0.5, 0.6) is 0 Å². The van der Waals surface area contributed by atoms with Gasteiger partial charge in [-0.25, -0.2) is 0 Å². The number of nitrogens with zero attached hydrogens (tertiary/aromatic N) is 3. The molecule has 2 N–H and O–H groups in total. The standard InChI is InChI=1S/C16H28N4O.ClH/c1-12-7-15(19(2)18-12)10-20-5-3-13(4-6-20)16-9-17-8-14(16)11-21;/h7,13-14,16-17,21H,3-6,8-11H2,1-2H3;1H/t14-,16-;/m0./s1. The molecule has 5 nitrogen and oxygen atoms in total. The van der Waals surface area contributed by atoms with E-state index < -0.39 is 0 Å². The predicted octanol–water partition coefficient (Wildman–Crippen LogP) is 1.19. The Balaban J connectivity index is 0.00000176. The van der Waals surface area contributed by atoms with Crippen molar-refractivity contribution in [1.29, 1.82) is 0 Å². The Morgan fingerprint density at radius 1 is 1.32 bits per heavy atom. The fourth-order valence-electron chi connectivity index (χ4n) is 4.09. The van der Waals surface area contributed by atoms with Gasteiger partial charge < -0.3 is 10.4 Å². The first-order chi connectivity index (χ1) is 10.2. The first kappa shape index (κ1) is 17.7. The lowest BCUT2D eigenvalue weighted by atomic mass is 9.79. The molecule has 2 saturated heterocycles. The molecular formula is C16H29ClN4O. The number of aryl methyl sites for hydroxylation is 2. The molecule has 2 aliphatic rings. The van der Waals surface area contributed by atoms with E-state index in [2.05, 4.69) is 28.3 Å². The van der Waals surface area contributed by atoms with Gasteiger partial charge in [-0.1, -0.05) is 0 Å². The monoisotopic (exact) mass is 328 g/mol. The van der Waals surface area contributed by atoms with Crippen LogP contribution in [0.1, 0.15) is 24.2 Å². The van der Waals surface area contributed by atoms with E-state index in [1.165, 1.54) is 31.6 Å². The van der Waals surface area contributed by atoms with Gasteiger partial charge in [-0.15, -0.1) is 12.4 Å². The molecule has 6 heteroatoms. The number of aliphatic hydroxyl groups excluding tert-OH is 1. The number of rotatable bonds is 4. The summed E-state index contributed by atoms with van der Waals surface area (Å²) < 4.78 is 2.00. The number of hydrogen-bond acceptors (Lipinski definition) is 4. The molecule has 1 aromatic heterocycles. The summed E-state index contributed by atoms with van der Waals surface area (Å²) in [5, 5.41) is 17.4. The van der Waals surface area contributed by atoms with Crippen LogP contribution in [0.25, 0.3) is 0 Å². The second-order valence-electron chi connectivity index (χ2n) is 6.78. The molecule has 0 bridgehead atoms. The first-order valence-corrected chi connectivity index (χ1v) is 8.21. The van der Waals surface area contributed by atoms with E-state index in [9.17, 15) is 5.11 Å². The van der Waals surface area contributed by atoms with Gasteiger partial charge in [0, 0.05) is 26.7 Å². The van der Waals surface area contributed by atoms with Crippen LogP contribution in [0.4, 0.5) is 0 Å². The Kier molecular flexibility index (Phi) is 6.26. The van der Waals surface area contributed by atoms with Gasteiger partial charge in [0.05, 0.1) is 11.4 Å². The SMILES string of the molecule is Cc1cc(CN2CCC([C@@H]3CNC[C@H]3CO)CC2)n(C)n1.Cl. The number of aliphatic hydroxyl groups is 1. The van der Waals surface area contributed by atoms with Crippen molar-refractivity contribution in [2.24, 2.45) is 24.8 Å². The number of nitrogens with one attached hydrogen (secondary N) is 1. The zero-order chi connectivity index (χ0) is 14.8. The van der Waals surface area contributed by atoms with Crippen LogP contribution in [-0.4, -0.2) is 52.6 Å². The van der Waals surface area contributed by atoms with Gasteiger partial charge >= 0.3 is 0 Å². The molecule has 126 valence electrons. The normalized spacial score (nSPS) is 27.0. The fourth-order valence-corrected chi connectivity index (χ4v) is 4.09. The van der Waals surface area contributed by atoms with Crippen LogP contribution in [0.15, 0.2) is 6.07 Å². The summed E-state index contributed by atoms with van der Waals surface area (Å²) in [6.45, 7) is 7.83. The fraction of sp³-hybridized carbons (Fsp3) is 0.812. The van der Waals surface area contributed by atoms with Gasteiger partial charge in [0.1, 0.15) is 0 Å². The number of likely N-dealkylation sites (tertiary alicyclic amines) is 1. The Morgan fingerprint density at radius 3 is 2.64 bits per heavy atom. The van der Waals surface area contributed by atoms with E-state index in [0.717, 1.165) is 31.2 Å². The molecule has 1 aromatic rings. The quantitative estimate of drug-likeness (QED) is 0.872. The molecule has 0 aromatic carbocycles. The van der Waals surface area contributed by atoms with Crippen molar-refractivity contribution in [1.82, 2.24) is 20.0 Å². The predicted molar refractivity (Wildman–Crippen MR) is 90.1 cm³/mol. The maximum Gasteiger partial charge on any atom is 0.0597 e. The number of halogens is 1. The molecule has 0 amide bonds. The van der Waals surface area contributed by atoms with Crippen molar-refractivity contribution in [3.8, 4) is 0 Å². The van der Waals surface area contributed by atoms with Gasteiger partial charge in [0.15, 0.2) is 0 Å². The highest BCUT2D eigenvalue weighted by Gasteiger charge is 2.34. The van der Waals surface area contributed by atoms with Gasteiger partial charge in [-0.05, 0) is 63.2 Å². The van der Waals surface area contributed by atoms with Crippen LogP contribution >= 0.6 is 12.4 Å². The second-order valence-corrected chi connectivity index (χ2v) is 6.78. The van der Waals surface area contributed by atoms with Crippen LogP contribution in [0.3, 0.4) is 0 Å². The van der Waals surface area contributed by atoms with Crippen molar-refractivity contribution in [3.05, 3.63) is 17.5 Å². The van der Waals surface area contributed by atoms with Gasteiger partial charge in [-0.3, -0.25) is 9.58 Å². The van der Waals surface area contributed by atoms with Crippen LogP contribution in [0, 0.1) is 24.7 Å². The highest BCUT2D eigenvalue weighted by atomic mass is 35.5. The Bertz CT molecular complexity index is 471. The number of piperidine rings is 1. The maximum absolute atomic E-state index is 9.49. The number of aromatic nitrogens is 2. The molecule has 2 fully saturated rings. The van der Waals surface area contributed by atoms with Gasteiger partial charge in [0.25, 0.3) is 0 Å². The molecule has 2 atom stereocenters. The lowest BCUT2D eigenvalue weighted by molar-refractivity contribution is 0.107. The minimum atomic E-state index is 0. The molecule has 0 unspecified atom stereocenters. The van der Waals surface area contributed by atoms with E-state index in [1.807, 2.05) is 11.7 Å². The zero-order valence-corrected chi connectivity index (χ0v) is 14.5. The summed E-state index contributed by atoms with van der Waals surface area (Å²) in [6.07, 6.45) is 2.53. The largest absolute Gasteiger partial charge is 0.396 e. The topological polar surface area (TPSA) is 53.3 Å². The average molecular weight is 329 g/mol. The Labute approximate surface area is 139 Å². The van der Waals surface area contributed by atoms with E-state index in [-0.39, 0.29) is 12.4 Å². The lowest BCUT2D eigenvalue weighted by Gasteiger charge is -2.36. The van der Waals surface area contributed by atoms with Crippen molar-refractivity contribution in [2.45, 2.75) is 26.3 Å². The summed E-state index contributed by atoms with van der Waals surface area (Å²) >= 11 is 0. The van der Waals surface area contributed by atoms with Crippen LogP contribution in [-0.2, 0) is 13.6 Å². The molecule has 22 heavy (non-hydrogen) atoms.